The van der Waals surface area contributed by atoms with E-state index in [2.05, 4.69) is 12.2 Å². The Morgan fingerprint density at radius 2 is 2.31 bits per heavy atom. The van der Waals surface area contributed by atoms with Gasteiger partial charge in [-0.25, -0.2) is 9.18 Å². The van der Waals surface area contributed by atoms with Crippen molar-refractivity contribution < 1.29 is 14.3 Å². The lowest BCUT2D eigenvalue weighted by Gasteiger charge is -2.06. The van der Waals surface area contributed by atoms with Crippen LogP contribution in [-0.2, 0) is 6.54 Å². The SMILES string of the molecule is CC1CC1NCc1cc(C(=O)O)ccc1F. The second-order valence-corrected chi connectivity index (χ2v) is 4.31. The lowest BCUT2D eigenvalue weighted by molar-refractivity contribution is 0.0696. The number of nitrogens with one attached hydrogen (secondary N) is 1. The van der Waals surface area contributed by atoms with Crippen molar-refractivity contribution in [3.8, 4) is 0 Å². The highest BCUT2D eigenvalue weighted by molar-refractivity contribution is 5.87. The van der Waals surface area contributed by atoms with Crippen LogP contribution in [0.2, 0.25) is 0 Å². The smallest absolute Gasteiger partial charge is 0.335 e. The molecule has 0 aromatic heterocycles. The first-order valence-corrected chi connectivity index (χ1v) is 5.33. The quantitative estimate of drug-likeness (QED) is 0.821. The van der Waals surface area contributed by atoms with Crippen LogP contribution in [0.3, 0.4) is 0 Å². The first kappa shape index (κ1) is 11.1. The third kappa shape index (κ3) is 2.39. The molecule has 0 heterocycles. The number of hydrogen-bond acceptors (Lipinski definition) is 2. The minimum absolute atomic E-state index is 0.127. The number of aromatic carboxylic acids is 1. The summed E-state index contributed by atoms with van der Waals surface area (Å²) in [7, 11) is 0. The maximum Gasteiger partial charge on any atom is 0.335 e. The van der Waals surface area contributed by atoms with Gasteiger partial charge in [0.25, 0.3) is 0 Å². The van der Waals surface area contributed by atoms with Crippen LogP contribution in [0.5, 0.6) is 0 Å². The molecule has 0 amide bonds. The van der Waals surface area contributed by atoms with Gasteiger partial charge in [0.2, 0.25) is 0 Å². The number of halogens is 1. The molecular formula is C12H14FNO2. The van der Waals surface area contributed by atoms with Crippen molar-refractivity contribution in [2.24, 2.45) is 5.92 Å². The highest BCUT2D eigenvalue weighted by Gasteiger charge is 2.31. The summed E-state index contributed by atoms with van der Waals surface area (Å²) >= 11 is 0. The molecule has 1 aromatic carbocycles. The molecule has 0 radical (unpaired) electrons. The van der Waals surface area contributed by atoms with E-state index < -0.39 is 5.97 Å². The topological polar surface area (TPSA) is 49.3 Å². The van der Waals surface area contributed by atoms with Gasteiger partial charge in [-0.2, -0.15) is 0 Å². The Balaban J connectivity index is 2.06. The number of carboxylic acid groups (broad SMARTS) is 1. The summed E-state index contributed by atoms with van der Waals surface area (Å²) in [5.41, 5.74) is 0.543. The molecule has 0 bridgehead atoms. The molecular weight excluding hydrogens is 209 g/mol. The number of carboxylic acids is 1. The first-order chi connectivity index (χ1) is 7.58. The van der Waals surface area contributed by atoms with Crippen molar-refractivity contribution in [3.05, 3.63) is 35.1 Å². The normalized spacial score (nSPS) is 23.1. The molecule has 86 valence electrons. The van der Waals surface area contributed by atoms with Gasteiger partial charge >= 0.3 is 5.97 Å². The predicted octanol–water partition coefficient (Wildman–Crippen LogP) is 2.02. The van der Waals surface area contributed by atoms with E-state index in [1.807, 2.05) is 0 Å². The molecule has 4 heteroatoms. The molecule has 0 saturated heterocycles. The number of hydrogen-bond donors (Lipinski definition) is 2. The maximum absolute atomic E-state index is 13.4. The van der Waals surface area contributed by atoms with Crippen LogP contribution in [0.25, 0.3) is 0 Å². The summed E-state index contributed by atoms with van der Waals surface area (Å²) in [5.74, 6) is -0.738. The fourth-order valence-corrected chi connectivity index (χ4v) is 1.69. The van der Waals surface area contributed by atoms with E-state index in [0.717, 1.165) is 6.42 Å². The molecule has 2 N–H and O–H groups in total. The fraction of sp³-hybridized carbons (Fsp3) is 0.417. The first-order valence-electron chi connectivity index (χ1n) is 5.33. The fourth-order valence-electron chi connectivity index (χ4n) is 1.69. The second-order valence-electron chi connectivity index (χ2n) is 4.31. The Labute approximate surface area is 93.3 Å². The molecule has 2 atom stereocenters. The Morgan fingerprint density at radius 3 is 2.88 bits per heavy atom. The largest absolute Gasteiger partial charge is 0.478 e. The van der Waals surface area contributed by atoms with Gasteiger partial charge in [0.1, 0.15) is 5.82 Å². The van der Waals surface area contributed by atoms with Gasteiger partial charge in [0.05, 0.1) is 5.56 Å². The van der Waals surface area contributed by atoms with Crippen LogP contribution in [0.1, 0.15) is 29.3 Å². The molecule has 1 aliphatic rings. The molecule has 0 spiro atoms. The van der Waals surface area contributed by atoms with E-state index in [1.54, 1.807) is 0 Å². The van der Waals surface area contributed by atoms with Crippen LogP contribution in [0.4, 0.5) is 4.39 Å². The summed E-state index contributed by atoms with van der Waals surface area (Å²) in [4.78, 5) is 10.7. The Morgan fingerprint density at radius 1 is 1.62 bits per heavy atom. The predicted molar refractivity (Wildman–Crippen MR) is 57.8 cm³/mol. The summed E-state index contributed by atoms with van der Waals surface area (Å²) in [6, 6.07) is 4.32. The van der Waals surface area contributed by atoms with Crippen LogP contribution in [0.15, 0.2) is 18.2 Å². The zero-order valence-corrected chi connectivity index (χ0v) is 9.03. The Hall–Kier alpha value is -1.42. The zero-order chi connectivity index (χ0) is 11.7. The van der Waals surface area contributed by atoms with Gasteiger partial charge in [-0.15, -0.1) is 0 Å². The molecule has 0 aliphatic heterocycles. The van der Waals surface area contributed by atoms with E-state index in [0.29, 0.717) is 24.1 Å². The molecule has 2 rings (SSSR count). The molecule has 3 nitrogen and oxygen atoms in total. The molecule has 1 fully saturated rings. The highest BCUT2D eigenvalue weighted by atomic mass is 19.1. The van der Waals surface area contributed by atoms with Crippen LogP contribution >= 0.6 is 0 Å². The molecule has 2 unspecified atom stereocenters. The summed E-state index contributed by atoms with van der Waals surface area (Å²) < 4.78 is 13.4. The Bertz CT molecular complexity index is 419. The van der Waals surface area contributed by atoms with Gasteiger partial charge < -0.3 is 10.4 Å². The van der Waals surface area contributed by atoms with E-state index in [1.165, 1.54) is 18.2 Å². The summed E-state index contributed by atoms with van der Waals surface area (Å²) in [6.07, 6.45) is 1.11. The summed E-state index contributed by atoms with van der Waals surface area (Å²) in [6.45, 7) is 2.52. The lowest BCUT2D eigenvalue weighted by atomic mass is 10.1. The van der Waals surface area contributed by atoms with Crippen LogP contribution in [0, 0.1) is 11.7 Å². The van der Waals surface area contributed by atoms with Crippen molar-refractivity contribution >= 4 is 5.97 Å². The van der Waals surface area contributed by atoms with Crippen molar-refractivity contribution in [1.29, 1.82) is 0 Å². The minimum atomic E-state index is -1.03. The third-order valence-corrected chi connectivity index (χ3v) is 2.96. The lowest BCUT2D eigenvalue weighted by Crippen LogP contribution is -2.18. The number of benzene rings is 1. The monoisotopic (exact) mass is 223 g/mol. The zero-order valence-electron chi connectivity index (χ0n) is 9.03. The molecule has 1 aromatic rings. The van der Waals surface area contributed by atoms with Crippen molar-refractivity contribution in [2.75, 3.05) is 0 Å². The van der Waals surface area contributed by atoms with Crippen LogP contribution in [-0.4, -0.2) is 17.1 Å². The third-order valence-electron chi connectivity index (χ3n) is 2.96. The van der Waals surface area contributed by atoms with E-state index in [-0.39, 0.29) is 11.4 Å². The van der Waals surface area contributed by atoms with Crippen LogP contribution < -0.4 is 5.32 Å². The van der Waals surface area contributed by atoms with Gasteiger partial charge in [0.15, 0.2) is 0 Å². The highest BCUT2D eigenvalue weighted by Crippen LogP contribution is 2.29. The summed E-state index contributed by atoms with van der Waals surface area (Å²) in [5, 5.41) is 12.0. The van der Waals surface area contributed by atoms with E-state index >= 15 is 0 Å². The molecule has 1 saturated carbocycles. The van der Waals surface area contributed by atoms with Gasteiger partial charge in [-0.05, 0) is 30.5 Å². The average molecular weight is 223 g/mol. The molecule has 16 heavy (non-hydrogen) atoms. The van der Waals surface area contributed by atoms with Gasteiger partial charge in [-0.1, -0.05) is 6.92 Å². The maximum atomic E-state index is 13.4. The van der Waals surface area contributed by atoms with Gasteiger partial charge in [0, 0.05) is 18.2 Å². The Kier molecular flexibility index (Phi) is 2.92. The minimum Gasteiger partial charge on any atom is -0.478 e. The average Bonchev–Trinajstić information content (AvgIpc) is 2.93. The van der Waals surface area contributed by atoms with E-state index in [9.17, 15) is 9.18 Å². The molecule has 1 aliphatic carbocycles. The second kappa shape index (κ2) is 4.22. The number of rotatable bonds is 4. The van der Waals surface area contributed by atoms with Crippen molar-refractivity contribution in [2.45, 2.75) is 25.9 Å². The number of carbonyl (C=O) groups is 1. The van der Waals surface area contributed by atoms with E-state index in [4.69, 9.17) is 5.11 Å². The van der Waals surface area contributed by atoms with Crippen molar-refractivity contribution in [3.63, 3.8) is 0 Å². The van der Waals surface area contributed by atoms with Crippen molar-refractivity contribution in [1.82, 2.24) is 5.32 Å². The van der Waals surface area contributed by atoms with Gasteiger partial charge in [-0.3, -0.25) is 0 Å². The standard InChI is InChI=1S/C12H14FNO2/c1-7-4-11(7)14-6-9-5-8(12(15)16)2-3-10(9)13/h2-3,5,7,11,14H,4,6H2,1H3,(H,15,16).